The van der Waals surface area contributed by atoms with Gasteiger partial charge in [0.05, 0.1) is 21.8 Å². The van der Waals surface area contributed by atoms with Crippen LogP contribution in [0.3, 0.4) is 0 Å². The van der Waals surface area contributed by atoms with E-state index in [1.807, 2.05) is 0 Å². The normalized spacial score (nSPS) is 11.2. The third-order valence-electron chi connectivity index (χ3n) is 3.84. The highest BCUT2D eigenvalue weighted by atomic mass is 35.5. The standard InChI is InChI=1S/C21H18ClN3O4S/c22-19-8-4-5-9-20(19)24-21(26)15-29-17-12-10-16(11-13-17)14-23-25-30(27,28)18-6-2-1-3-7-18/h1-14,25H,15H2,(H,24,26)/b23-14-. The van der Waals surface area contributed by atoms with E-state index in [1.165, 1.54) is 18.3 Å². The Morgan fingerprint density at radius 3 is 2.33 bits per heavy atom. The summed E-state index contributed by atoms with van der Waals surface area (Å²) >= 11 is 6.00. The van der Waals surface area contributed by atoms with Gasteiger partial charge in [0, 0.05) is 0 Å². The fourth-order valence-corrected chi connectivity index (χ4v) is 3.37. The van der Waals surface area contributed by atoms with Crippen molar-refractivity contribution in [1.82, 2.24) is 4.83 Å². The van der Waals surface area contributed by atoms with Crippen molar-refractivity contribution in [3.63, 3.8) is 0 Å². The van der Waals surface area contributed by atoms with Gasteiger partial charge in [-0.25, -0.2) is 4.83 Å². The number of nitrogens with zero attached hydrogens (tertiary/aromatic N) is 1. The summed E-state index contributed by atoms with van der Waals surface area (Å²) < 4.78 is 29.6. The number of ether oxygens (including phenoxy) is 1. The minimum atomic E-state index is -3.71. The van der Waals surface area contributed by atoms with E-state index in [0.29, 0.717) is 22.0 Å². The highest BCUT2D eigenvalue weighted by Gasteiger charge is 2.11. The van der Waals surface area contributed by atoms with Crippen molar-refractivity contribution in [2.45, 2.75) is 4.90 Å². The number of hydrogen-bond acceptors (Lipinski definition) is 5. The fourth-order valence-electron chi connectivity index (χ4n) is 2.37. The van der Waals surface area contributed by atoms with E-state index in [9.17, 15) is 13.2 Å². The molecular weight excluding hydrogens is 426 g/mol. The summed E-state index contributed by atoms with van der Waals surface area (Å²) in [6, 6.07) is 21.5. The zero-order valence-electron chi connectivity index (χ0n) is 15.7. The molecule has 0 bridgehead atoms. The van der Waals surface area contributed by atoms with E-state index in [1.54, 1.807) is 66.7 Å². The molecule has 0 fully saturated rings. The number of carbonyl (C=O) groups excluding carboxylic acids is 1. The molecule has 0 aliphatic carbocycles. The Morgan fingerprint density at radius 1 is 0.967 bits per heavy atom. The predicted octanol–water partition coefficient (Wildman–Crippen LogP) is 3.67. The van der Waals surface area contributed by atoms with Crippen LogP contribution in [0.2, 0.25) is 5.02 Å². The summed E-state index contributed by atoms with van der Waals surface area (Å²) in [7, 11) is -3.71. The molecule has 0 heterocycles. The van der Waals surface area contributed by atoms with Crippen LogP contribution in [0.25, 0.3) is 0 Å². The first-order chi connectivity index (χ1) is 14.4. The summed E-state index contributed by atoms with van der Waals surface area (Å²) in [6.07, 6.45) is 1.37. The number of rotatable bonds is 8. The minimum absolute atomic E-state index is 0.126. The molecule has 3 rings (SSSR count). The van der Waals surface area contributed by atoms with E-state index >= 15 is 0 Å². The van der Waals surface area contributed by atoms with E-state index < -0.39 is 10.0 Å². The molecule has 0 atom stereocenters. The maximum atomic E-state index is 12.1. The van der Waals surface area contributed by atoms with Gasteiger partial charge in [0.2, 0.25) is 0 Å². The number of nitrogens with one attached hydrogen (secondary N) is 2. The molecule has 154 valence electrons. The van der Waals surface area contributed by atoms with Crippen molar-refractivity contribution in [2.75, 3.05) is 11.9 Å². The molecule has 0 spiro atoms. The average molecular weight is 444 g/mol. The zero-order valence-corrected chi connectivity index (χ0v) is 17.2. The lowest BCUT2D eigenvalue weighted by Crippen LogP contribution is -2.20. The van der Waals surface area contributed by atoms with Crippen molar-refractivity contribution >= 4 is 39.4 Å². The summed E-state index contributed by atoms with van der Waals surface area (Å²) in [5, 5.41) is 6.88. The highest BCUT2D eigenvalue weighted by Crippen LogP contribution is 2.20. The average Bonchev–Trinajstić information content (AvgIpc) is 2.75. The van der Waals surface area contributed by atoms with Crippen molar-refractivity contribution in [2.24, 2.45) is 5.10 Å². The molecule has 0 saturated heterocycles. The molecule has 0 aliphatic heterocycles. The molecule has 0 radical (unpaired) electrons. The Morgan fingerprint density at radius 2 is 1.63 bits per heavy atom. The van der Waals surface area contributed by atoms with Gasteiger partial charge in [-0.2, -0.15) is 13.5 Å². The van der Waals surface area contributed by atoms with Crippen molar-refractivity contribution in [1.29, 1.82) is 0 Å². The number of halogens is 1. The van der Waals surface area contributed by atoms with E-state index in [0.717, 1.165) is 0 Å². The van der Waals surface area contributed by atoms with Gasteiger partial charge in [-0.1, -0.05) is 41.9 Å². The SMILES string of the molecule is O=C(COc1ccc(/C=N\NS(=O)(=O)c2ccccc2)cc1)Nc1ccccc1Cl. The summed E-state index contributed by atoms with van der Waals surface area (Å²) in [5.74, 6) is 0.135. The lowest BCUT2D eigenvalue weighted by Gasteiger charge is -2.08. The van der Waals surface area contributed by atoms with Gasteiger partial charge in [0.1, 0.15) is 5.75 Å². The molecule has 0 aliphatic rings. The maximum absolute atomic E-state index is 12.1. The fraction of sp³-hybridized carbons (Fsp3) is 0.0476. The van der Waals surface area contributed by atoms with Crippen LogP contribution in [0.5, 0.6) is 5.75 Å². The third-order valence-corrected chi connectivity index (χ3v) is 5.41. The quantitative estimate of drug-likeness (QED) is 0.410. The number of sulfonamides is 1. The number of hydrazone groups is 1. The van der Waals surface area contributed by atoms with Gasteiger partial charge >= 0.3 is 0 Å². The van der Waals surface area contributed by atoms with Crippen LogP contribution in [0.1, 0.15) is 5.56 Å². The number of para-hydroxylation sites is 1. The van der Waals surface area contributed by atoms with Crippen LogP contribution in [-0.4, -0.2) is 27.1 Å². The highest BCUT2D eigenvalue weighted by molar-refractivity contribution is 7.89. The first-order valence-corrected chi connectivity index (χ1v) is 10.7. The van der Waals surface area contributed by atoms with Crippen molar-refractivity contribution in [3.8, 4) is 5.75 Å². The summed E-state index contributed by atoms with van der Waals surface area (Å²) in [5.41, 5.74) is 1.16. The molecule has 3 aromatic carbocycles. The van der Waals surface area contributed by atoms with Crippen LogP contribution in [0, 0.1) is 0 Å². The second-order valence-corrected chi connectivity index (χ2v) is 8.12. The molecule has 7 nitrogen and oxygen atoms in total. The molecule has 9 heteroatoms. The second-order valence-electron chi connectivity index (χ2n) is 6.05. The summed E-state index contributed by atoms with van der Waals surface area (Å²) in [4.78, 5) is 14.3. The number of hydrogen-bond donors (Lipinski definition) is 2. The van der Waals surface area contributed by atoms with Crippen LogP contribution in [0.4, 0.5) is 5.69 Å². The Balaban J connectivity index is 1.50. The Labute approximate surface area is 179 Å². The summed E-state index contributed by atoms with van der Waals surface area (Å²) in [6.45, 7) is -0.185. The van der Waals surface area contributed by atoms with Gasteiger partial charge in [-0.3, -0.25) is 4.79 Å². The Bertz CT molecular complexity index is 1130. The molecule has 2 N–H and O–H groups in total. The smallest absolute Gasteiger partial charge is 0.276 e. The van der Waals surface area contributed by atoms with Crippen molar-refractivity contribution < 1.29 is 17.9 Å². The molecule has 0 aromatic heterocycles. The van der Waals surface area contributed by atoms with Gasteiger partial charge in [-0.15, -0.1) is 0 Å². The third kappa shape index (κ3) is 6.07. The van der Waals surface area contributed by atoms with Crippen LogP contribution in [-0.2, 0) is 14.8 Å². The second kappa shape index (κ2) is 9.91. The van der Waals surface area contributed by atoms with Gasteiger partial charge in [-0.05, 0) is 54.1 Å². The minimum Gasteiger partial charge on any atom is -0.484 e. The van der Waals surface area contributed by atoms with E-state index in [2.05, 4.69) is 15.2 Å². The molecular formula is C21H18ClN3O4S. The van der Waals surface area contributed by atoms with Crippen molar-refractivity contribution in [3.05, 3.63) is 89.4 Å². The van der Waals surface area contributed by atoms with Gasteiger partial charge < -0.3 is 10.1 Å². The first kappa shape index (κ1) is 21.4. The van der Waals surface area contributed by atoms with Crippen LogP contribution in [0.15, 0.2) is 88.9 Å². The largest absolute Gasteiger partial charge is 0.484 e. The first-order valence-electron chi connectivity index (χ1n) is 8.81. The number of amides is 1. The number of carbonyl (C=O) groups is 1. The van der Waals surface area contributed by atoms with E-state index in [4.69, 9.17) is 16.3 Å². The molecule has 1 amide bonds. The van der Waals surface area contributed by atoms with Gasteiger partial charge in [0.15, 0.2) is 6.61 Å². The monoisotopic (exact) mass is 443 g/mol. The lowest BCUT2D eigenvalue weighted by atomic mass is 10.2. The molecule has 30 heavy (non-hydrogen) atoms. The van der Waals surface area contributed by atoms with E-state index in [-0.39, 0.29) is 17.4 Å². The van der Waals surface area contributed by atoms with Crippen LogP contribution < -0.4 is 14.9 Å². The lowest BCUT2D eigenvalue weighted by molar-refractivity contribution is -0.118. The Hall–Kier alpha value is -3.36. The van der Waals surface area contributed by atoms with Crippen LogP contribution >= 0.6 is 11.6 Å². The molecule has 3 aromatic rings. The molecule has 0 saturated carbocycles. The Kier molecular flexibility index (Phi) is 7.05. The maximum Gasteiger partial charge on any atom is 0.276 e. The zero-order chi connectivity index (χ0) is 21.4. The van der Waals surface area contributed by atoms with Gasteiger partial charge in [0.25, 0.3) is 15.9 Å². The topological polar surface area (TPSA) is 96.9 Å². The number of benzene rings is 3. The predicted molar refractivity (Wildman–Crippen MR) is 116 cm³/mol. The molecule has 0 unspecified atom stereocenters. The number of anilines is 1.